The van der Waals surface area contributed by atoms with Crippen molar-refractivity contribution in [3.05, 3.63) is 41.7 Å². The van der Waals surface area contributed by atoms with E-state index in [-0.39, 0.29) is 30.5 Å². The zero-order chi connectivity index (χ0) is 21.6. The van der Waals surface area contributed by atoms with Crippen molar-refractivity contribution in [1.82, 2.24) is 19.6 Å². The maximum absolute atomic E-state index is 12.6. The van der Waals surface area contributed by atoms with Gasteiger partial charge in [-0.15, -0.1) is 0 Å². The van der Waals surface area contributed by atoms with Crippen LogP contribution in [0.15, 0.2) is 35.5 Å². The molecular weight excluding hydrogens is 386 g/mol. The van der Waals surface area contributed by atoms with Crippen molar-refractivity contribution in [3.63, 3.8) is 0 Å². The van der Waals surface area contributed by atoms with Crippen LogP contribution in [0.4, 0.5) is 10.5 Å². The number of hydrogen-bond donors (Lipinski definition) is 4. The zero-order valence-electron chi connectivity index (χ0n) is 16.9. The van der Waals surface area contributed by atoms with Gasteiger partial charge in [-0.2, -0.15) is 4.99 Å². The molecule has 11 nitrogen and oxygen atoms in total. The Morgan fingerprint density at radius 1 is 1.33 bits per heavy atom. The fourth-order valence-corrected chi connectivity index (χ4v) is 3.51. The lowest BCUT2D eigenvalue weighted by Crippen LogP contribution is -2.30. The van der Waals surface area contributed by atoms with Crippen molar-refractivity contribution < 1.29 is 9.59 Å². The molecule has 1 saturated heterocycles. The van der Waals surface area contributed by atoms with Crippen molar-refractivity contribution in [1.29, 1.82) is 0 Å². The summed E-state index contributed by atoms with van der Waals surface area (Å²) in [6, 6.07) is 1.35. The highest BCUT2D eigenvalue weighted by Crippen LogP contribution is 2.42. The summed E-state index contributed by atoms with van der Waals surface area (Å²) in [6.07, 6.45) is 7.41. The molecule has 3 amide bonds. The Balaban J connectivity index is 1.74. The number of urea groups is 1. The third-order valence-electron chi connectivity index (χ3n) is 5.31. The topological polar surface area (TPSA) is 160 Å². The van der Waals surface area contributed by atoms with Crippen LogP contribution in [0.1, 0.15) is 43.0 Å². The van der Waals surface area contributed by atoms with Crippen molar-refractivity contribution in [2.45, 2.75) is 31.7 Å². The van der Waals surface area contributed by atoms with Gasteiger partial charge in [-0.1, -0.05) is 0 Å². The standard InChI is InChI=1S/C19H25N9O2/c1-10(23-15(6-20)25-18(21)22)13-8-27-7-12(11-3-4-11)5-14(17(27)24-13)28-9-16(29)26(2)19(28)30/h5-8,10-11,23H,3-4,9,20H2,1-2H3,(H4,21,22,25)/b15-6-. The Morgan fingerprint density at radius 2 is 2.07 bits per heavy atom. The molecule has 1 aliphatic heterocycles. The highest BCUT2D eigenvalue weighted by atomic mass is 16.2. The molecule has 0 aromatic carbocycles. The average Bonchev–Trinajstić information content (AvgIpc) is 3.42. The van der Waals surface area contributed by atoms with Crippen LogP contribution < -0.4 is 27.4 Å². The second kappa shape index (κ2) is 7.25. The first-order valence-corrected chi connectivity index (χ1v) is 9.67. The number of imide groups is 1. The van der Waals surface area contributed by atoms with Crippen LogP contribution in [-0.4, -0.2) is 45.8 Å². The van der Waals surface area contributed by atoms with Gasteiger partial charge in [-0.3, -0.25) is 14.6 Å². The first-order chi connectivity index (χ1) is 14.3. The molecule has 30 heavy (non-hydrogen) atoms. The van der Waals surface area contributed by atoms with E-state index < -0.39 is 0 Å². The summed E-state index contributed by atoms with van der Waals surface area (Å²) in [4.78, 5) is 35.9. The number of guanidine groups is 1. The SMILES string of the molecule is CC(N/C(=C/N)N=C(N)N)c1cn2cc(C3CC3)cc(N3CC(=O)N(C)C3=O)c2n1. The number of imidazole rings is 1. The minimum absolute atomic E-state index is 0.000336. The molecule has 2 fully saturated rings. The first kappa shape index (κ1) is 19.6. The zero-order valence-corrected chi connectivity index (χ0v) is 16.9. The van der Waals surface area contributed by atoms with E-state index >= 15 is 0 Å². The second-order valence-electron chi connectivity index (χ2n) is 7.61. The van der Waals surface area contributed by atoms with Gasteiger partial charge in [0.1, 0.15) is 12.4 Å². The Kier molecular flexibility index (Phi) is 4.72. The molecule has 3 heterocycles. The van der Waals surface area contributed by atoms with Crippen LogP contribution in [0.25, 0.3) is 5.65 Å². The van der Waals surface area contributed by atoms with Gasteiger partial charge in [-0.25, -0.2) is 9.78 Å². The van der Waals surface area contributed by atoms with Crippen LogP contribution in [0.5, 0.6) is 0 Å². The Hall–Kier alpha value is -3.76. The van der Waals surface area contributed by atoms with Crippen LogP contribution in [0.3, 0.4) is 0 Å². The number of fused-ring (bicyclic) bond motifs is 1. The summed E-state index contributed by atoms with van der Waals surface area (Å²) in [5.41, 5.74) is 19.5. The molecule has 2 aromatic rings. The highest BCUT2D eigenvalue weighted by Gasteiger charge is 2.36. The van der Waals surface area contributed by atoms with Crippen LogP contribution in [0, 0.1) is 0 Å². The van der Waals surface area contributed by atoms with Gasteiger partial charge in [-0.05, 0) is 37.3 Å². The maximum atomic E-state index is 12.6. The third-order valence-corrected chi connectivity index (χ3v) is 5.31. The van der Waals surface area contributed by atoms with Gasteiger partial charge < -0.3 is 26.9 Å². The number of aromatic nitrogens is 2. The number of hydrogen-bond acceptors (Lipinski definition) is 6. The average molecular weight is 411 g/mol. The van der Waals surface area contributed by atoms with E-state index in [2.05, 4.69) is 10.3 Å². The predicted molar refractivity (Wildman–Crippen MR) is 112 cm³/mol. The van der Waals surface area contributed by atoms with Crippen LogP contribution in [0.2, 0.25) is 0 Å². The number of nitrogens with two attached hydrogens (primary N) is 3. The number of likely N-dealkylation sites (N-methyl/N-ethyl adjacent to an activating group) is 1. The molecule has 2 aliphatic rings. The maximum Gasteiger partial charge on any atom is 0.331 e. The molecule has 1 saturated carbocycles. The summed E-state index contributed by atoms with van der Waals surface area (Å²) >= 11 is 0. The van der Waals surface area contributed by atoms with E-state index in [1.807, 2.05) is 29.8 Å². The van der Waals surface area contributed by atoms with E-state index in [0.717, 1.165) is 23.3 Å². The van der Waals surface area contributed by atoms with Crippen LogP contribution in [-0.2, 0) is 4.79 Å². The number of nitrogens with one attached hydrogen (secondary N) is 1. The number of aliphatic imine (C=N–C) groups is 1. The first-order valence-electron chi connectivity index (χ1n) is 9.67. The largest absolute Gasteiger partial charge is 0.402 e. The summed E-state index contributed by atoms with van der Waals surface area (Å²) in [5.74, 6) is 0.431. The molecule has 1 unspecified atom stereocenters. The number of nitrogens with zero attached hydrogens (tertiary/aromatic N) is 5. The Morgan fingerprint density at radius 3 is 2.63 bits per heavy atom. The van der Waals surface area contributed by atoms with Gasteiger partial charge in [0.15, 0.2) is 11.6 Å². The third kappa shape index (κ3) is 3.49. The van der Waals surface area contributed by atoms with Gasteiger partial charge in [0.2, 0.25) is 5.91 Å². The van der Waals surface area contributed by atoms with E-state index in [9.17, 15) is 9.59 Å². The Bertz CT molecular complexity index is 1080. The van der Waals surface area contributed by atoms with Gasteiger partial charge in [0.25, 0.3) is 0 Å². The number of rotatable bonds is 6. The molecule has 1 atom stereocenters. The van der Waals surface area contributed by atoms with Gasteiger partial charge in [0.05, 0.1) is 17.4 Å². The summed E-state index contributed by atoms with van der Waals surface area (Å²) in [7, 11) is 1.49. The molecule has 4 rings (SSSR count). The van der Waals surface area contributed by atoms with E-state index in [1.54, 1.807) is 0 Å². The number of amides is 3. The molecule has 158 valence electrons. The molecule has 0 bridgehead atoms. The van der Waals surface area contributed by atoms with E-state index in [0.29, 0.717) is 28.8 Å². The fourth-order valence-electron chi connectivity index (χ4n) is 3.51. The molecule has 11 heteroatoms. The van der Waals surface area contributed by atoms with E-state index in [1.165, 1.54) is 18.1 Å². The lowest BCUT2D eigenvalue weighted by Gasteiger charge is -2.17. The van der Waals surface area contributed by atoms with Crippen LogP contribution >= 0.6 is 0 Å². The number of anilines is 1. The summed E-state index contributed by atoms with van der Waals surface area (Å²) in [5, 5.41) is 3.11. The van der Waals surface area contributed by atoms with Gasteiger partial charge >= 0.3 is 6.03 Å². The second-order valence-corrected chi connectivity index (χ2v) is 7.61. The Labute approximate surface area is 173 Å². The minimum Gasteiger partial charge on any atom is -0.402 e. The van der Waals surface area contributed by atoms with Crippen molar-refractivity contribution in [2.75, 3.05) is 18.5 Å². The fraction of sp³-hybridized carbons (Fsp3) is 0.368. The minimum atomic E-state index is -0.355. The van der Waals surface area contributed by atoms with E-state index in [4.69, 9.17) is 22.2 Å². The molecule has 1 aliphatic carbocycles. The number of pyridine rings is 1. The predicted octanol–water partition coefficient (Wildman–Crippen LogP) is 0.292. The highest BCUT2D eigenvalue weighted by molar-refractivity contribution is 6.13. The number of carbonyl (C=O) groups is 2. The lowest BCUT2D eigenvalue weighted by molar-refractivity contribution is -0.123. The lowest BCUT2D eigenvalue weighted by atomic mass is 10.1. The quantitative estimate of drug-likeness (QED) is 0.302. The molecular formula is C19H25N9O2. The summed E-state index contributed by atoms with van der Waals surface area (Å²) in [6.45, 7) is 1.90. The molecule has 0 radical (unpaired) electrons. The molecule has 7 N–H and O–H groups in total. The van der Waals surface area contributed by atoms with Crippen molar-refractivity contribution in [3.8, 4) is 0 Å². The smallest absolute Gasteiger partial charge is 0.331 e. The normalized spacial score (nSPS) is 18.3. The van der Waals surface area contributed by atoms with Crippen molar-refractivity contribution >= 4 is 29.2 Å². The molecule has 0 spiro atoms. The number of carbonyl (C=O) groups excluding carboxylic acids is 2. The van der Waals surface area contributed by atoms with Gasteiger partial charge in [0, 0.05) is 25.6 Å². The van der Waals surface area contributed by atoms with Crippen molar-refractivity contribution in [2.24, 2.45) is 22.2 Å². The molecule has 2 aromatic heterocycles. The summed E-state index contributed by atoms with van der Waals surface area (Å²) < 4.78 is 1.90. The monoisotopic (exact) mass is 411 g/mol.